The first kappa shape index (κ1) is 22.7. The van der Waals surface area contributed by atoms with Crippen LogP contribution in [0.15, 0.2) is 30.3 Å². The lowest BCUT2D eigenvalue weighted by Gasteiger charge is -2.40. The number of nitrogens with zero attached hydrogens (tertiary/aromatic N) is 2. The second-order valence-electron chi connectivity index (χ2n) is 8.77. The van der Waals surface area contributed by atoms with Crippen LogP contribution in [0.2, 0.25) is 0 Å². The molecule has 4 rings (SSSR count). The van der Waals surface area contributed by atoms with Gasteiger partial charge in [-0.25, -0.2) is 0 Å². The minimum Gasteiger partial charge on any atom is -0.355 e. The molecule has 1 amide bonds. The predicted molar refractivity (Wildman–Crippen MR) is 117 cm³/mol. The van der Waals surface area contributed by atoms with Crippen molar-refractivity contribution in [3.63, 3.8) is 0 Å². The van der Waals surface area contributed by atoms with Gasteiger partial charge in [-0.05, 0) is 24.3 Å². The van der Waals surface area contributed by atoms with Gasteiger partial charge >= 0.3 is 0 Å². The first-order chi connectivity index (χ1) is 14.9. The quantitative estimate of drug-likeness (QED) is 0.711. The molecule has 3 aliphatic heterocycles. The molecule has 1 aromatic rings. The van der Waals surface area contributed by atoms with Crippen LogP contribution in [0.5, 0.6) is 0 Å². The highest BCUT2D eigenvalue weighted by atomic mass is 32.2. The zero-order valence-corrected chi connectivity index (χ0v) is 19.0. The molecule has 9 heteroatoms. The molecular formula is C22H33N3O5S. The van der Waals surface area contributed by atoms with Crippen LogP contribution in [0.25, 0.3) is 0 Å². The molecule has 0 bridgehead atoms. The van der Waals surface area contributed by atoms with Crippen LogP contribution in [-0.2, 0) is 24.5 Å². The highest BCUT2D eigenvalue weighted by Gasteiger charge is 2.44. The molecule has 0 aromatic heterocycles. The Kier molecular flexibility index (Phi) is 6.98. The first-order valence-corrected chi connectivity index (χ1v) is 12.7. The van der Waals surface area contributed by atoms with Gasteiger partial charge in [0, 0.05) is 45.6 Å². The SMILES string of the molecule is C[C@H](CNC(=O)[C@@H]1CCCN(S(=O)(=O)N2CCC3(CC2)OCCO3)C1)c1ccccc1. The highest BCUT2D eigenvalue weighted by molar-refractivity contribution is 7.86. The van der Waals surface area contributed by atoms with Crippen LogP contribution in [0, 0.1) is 5.92 Å². The minimum absolute atomic E-state index is 0.0620. The number of hydrogen-bond donors (Lipinski definition) is 1. The van der Waals surface area contributed by atoms with Crippen molar-refractivity contribution in [3.05, 3.63) is 35.9 Å². The van der Waals surface area contributed by atoms with Gasteiger partial charge < -0.3 is 14.8 Å². The molecule has 31 heavy (non-hydrogen) atoms. The van der Waals surface area contributed by atoms with Crippen LogP contribution in [-0.4, -0.2) is 74.7 Å². The van der Waals surface area contributed by atoms with Crippen LogP contribution in [0.1, 0.15) is 44.1 Å². The second-order valence-corrected chi connectivity index (χ2v) is 10.7. The van der Waals surface area contributed by atoms with E-state index in [2.05, 4.69) is 24.4 Å². The third kappa shape index (κ3) is 5.12. The van der Waals surface area contributed by atoms with E-state index in [-0.39, 0.29) is 24.3 Å². The maximum absolute atomic E-state index is 13.2. The Bertz CT molecular complexity index is 847. The summed E-state index contributed by atoms with van der Waals surface area (Å²) < 4.78 is 40.8. The molecular weight excluding hydrogens is 418 g/mol. The molecule has 172 valence electrons. The summed E-state index contributed by atoms with van der Waals surface area (Å²) in [5, 5.41) is 3.03. The van der Waals surface area contributed by atoms with E-state index in [1.165, 1.54) is 14.2 Å². The van der Waals surface area contributed by atoms with Gasteiger partial charge in [-0.2, -0.15) is 17.0 Å². The monoisotopic (exact) mass is 451 g/mol. The fourth-order valence-electron chi connectivity index (χ4n) is 4.67. The van der Waals surface area contributed by atoms with Gasteiger partial charge in [0.15, 0.2) is 5.79 Å². The van der Waals surface area contributed by atoms with E-state index >= 15 is 0 Å². The third-order valence-corrected chi connectivity index (χ3v) is 8.66. The Morgan fingerprint density at radius 2 is 1.81 bits per heavy atom. The van der Waals surface area contributed by atoms with Crippen molar-refractivity contribution in [3.8, 4) is 0 Å². The molecule has 0 aliphatic carbocycles. The molecule has 3 aliphatic rings. The average molecular weight is 452 g/mol. The lowest BCUT2D eigenvalue weighted by molar-refractivity contribution is -0.179. The molecule has 2 atom stereocenters. The Morgan fingerprint density at radius 1 is 1.13 bits per heavy atom. The first-order valence-electron chi connectivity index (χ1n) is 11.3. The smallest absolute Gasteiger partial charge is 0.282 e. The Hall–Kier alpha value is -1.52. The largest absolute Gasteiger partial charge is 0.355 e. The van der Waals surface area contributed by atoms with E-state index in [0.29, 0.717) is 65.1 Å². The van der Waals surface area contributed by atoms with E-state index in [4.69, 9.17) is 9.47 Å². The number of benzene rings is 1. The second kappa shape index (κ2) is 9.54. The number of hydrogen-bond acceptors (Lipinski definition) is 5. The highest BCUT2D eigenvalue weighted by Crippen LogP contribution is 2.33. The summed E-state index contributed by atoms with van der Waals surface area (Å²) >= 11 is 0. The number of carbonyl (C=O) groups excluding carboxylic acids is 1. The molecule has 0 radical (unpaired) electrons. The van der Waals surface area contributed by atoms with Crippen LogP contribution in [0.4, 0.5) is 0 Å². The maximum atomic E-state index is 13.2. The number of carbonyl (C=O) groups is 1. The van der Waals surface area contributed by atoms with Crippen LogP contribution >= 0.6 is 0 Å². The molecule has 3 fully saturated rings. The van der Waals surface area contributed by atoms with Gasteiger partial charge in [-0.1, -0.05) is 37.3 Å². The number of rotatable bonds is 6. The van der Waals surface area contributed by atoms with E-state index in [1.54, 1.807) is 0 Å². The molecule has 1 aromatic carbocycles. The van der Waals surface area contributed by atoms with Gasteiger partial charge in [0.05, 0.1) is 19.1 Å². The van der Waals surface area contributed by atoms with Crippen molar-refractivity contribution in [2.45, 2.75) is 44.3 Å². The van der Waals surface area contributed by atoms with Crippen molar-refractivity contribution in [1.82, 2.24) is 13.9 Å². The van der Waals surface area contributed by atoms with E-state index in [9.17, 15) is 13.2 Å². The summed E-state index contributed by atoms with van der Waals surface area (Å²) in [7, 11) is -3.60. The standard InChI is InChI=1S/C22H33N3O5S/c1-18(19-6-3-2-4-7-19)16-23-21(26)20-8-5-11-25(17-20)31(27,28)24-12-9-22(10-13-24)29-14-15-30-22/h2-4,6-7,18,20H,5,8-17H2,1H3,(H,23,26)/t18-,20-/m1/s1. The van der Waals surface area contributed by atoms with E-state index in [0.717, 1.165) is 0 Å². The molecule has 3 saturated heterocycles. The zero-order chi connectivity index (χ0) is 21.9. The Balaban J connectivity index is 1.30. The zero-order valence-electron chi connectivity index (χ0n) is 18.2. The molecule has 8 nitrogen and oxygen atoms in total. The number of piperidine rings is 2. The maximum Gasteiger partial charge on any atom is 0.282 e. The summed E-state index contributed by atoms with van der Waals surface area (Å²) in [4.78, 5) is 12.8. The van der Waals surface area contributed by atoms with Crippen molar-refractivity contribution < 1.29 is 22.7 Å². The topological polar surface area (TPSA) is 88.2 Å². The summed E-state index contributed by atoms with van der Waals surface area (Å²) in [5.74, 6) is -0.780. The molecule has 1 spiro atoms. The minimum atomic E-state index is -3.60. The molecule has 3 heterocycles. The summed E-state index contributed by atoms with van der Waals surface area (Å²) in [6.07, 6.45) is 2.49. The summed E-state index contributed by atoms with van der Waals surface area (Å²) in [6, 6.07) is 10.1. The fraction of sp³-hybridized carbons (Fsp3) is 0.682. The van der Waals surface area contributed by atoms with Crippen molar-refractivity contribution >= 4 is 16.1 Å². The third-order valence-electron chi connectivity index (χ3n) is 6.66. The lowest BCUT2D eigenvalue weighted by Crippen LogP contribution is -2.54. The average Bonchev–Trinajstić information content (AvgIpc) is 3.26. The van der Waals surface area contributed by atoms with Crippen molar-refractivity contribution in [2.75, 3.05) is 45.9 Å². The van der Waals surface area contributed by atoms with E-state index in [1.807, 2.05) is 18.2 Å². The molecule has 0 saturated carbocycles. The number of ether oxygens (including phenoxy) is 2. The van der Waals surface area contributed by atoms with Gasteiger partial charge in [-0.15, -0.1) is 0 Å². The predicted octanol–water partition coefficient (Wildman–Crippen LogP) is 1.70. The van der Waals surface area contributed by atoms with Gasteiger partial charge in [-0.3, -0.25) is 4.79 Å². The molecule has 1 N–H and O–H groups in total. The summed E-state index contributed by atoms with van der Waals surface area (Å²) in [5.41, 5.74) is 1.17. The van der Waals surface area contributed by atoms with Crippen LogP contribution < -0.4 is 5.32 Å². The summed E-state index contributed by atoms with van der Waals surface area (Å²) in [6.45, 7) is 5.21. The van der Waals surface area contributed by atoms with Crippen molar-refractivity contribution in [1.29, 1.82) is 0 Å². The van der Waals surface area contributed by atoms with Crippen LogP contribution in [0.3, 0.4) is 0 Å². The normalized spacial score (nSPS) is 26.0. The van der Waals surface area contributed by atoms with Gasteiger partial charge in [0.1, 0.15) is 0 Å². The Labute approximate surface area is 185 Å². The number of amides is 1. The Morgan fingerprint density at radius 3 is 2.48 bits per heavy atom. The van der Waals surface area contributed by atoms with Gasteiger partial charge in [0.2, 0.25) is 5.91 Å². The lowest BCUT2D eigenvalue weighted by atomic mass is 9.97. The number of nitrogens with one attached hydrogen (secondary N) is 1. The van der Waals surface area contributed by atoms with Crippen molar-refractivity contribution in [2.24, 2.45) is 5.92 Å². The fourth-order valence-corrected chi connectivity index (χ4v) is 6.37. The van der Waals surface area contributed by atoms with E-state index < -0.39 is 16.0 Å². The molecule has 0 unspecified atom stereocenters. The van der Waals surface area contributed by atoms with Gasteiger partial charge in [0.25, 0.3) is 10.2 Å².